The molecule has 0 radical (unpaired) electrons. The number of amides is 2. The van der Waals surface area contributed by atoms with Gasteiger partial charge < -0.3 is 10.2 Å². The Balaban J connectivity index is 1.69. The average molecular weight is 321 g/mol. The summed E-state index contributed by atoms with van der Waals surface area (Å²) in [4.78, 5) is 36.7. The molecular formula is C14H19N5O4. The Morgan fingerprint density at radius 3 is 2.78 bits per heavy atom. The molecule has 2 fully saturated rings. The summed E-state index contributed by atoms with van der Waals surface area (Å²) in [6.45, 7) is 0.390. The second-order valence-corrected chi connectivity index (χ2v) is 6.13. The molecule has 0 unspecified atom stereocenters. The lowest BCUT2D eigenvalue weighted by Crippen LogP contribution is -2.35. The second kappa shape index (κ2) is 5.98. The molecule has 2 aliphatic rings. The molecule has 124 valence electrons. The largest absolute Gasteiger partial charge is 0.339 e. The number of aryl methyl sites for hydroxylation is 1. The van der Waals surface area contributed by atoms with Gasteiger partial charge in [-0.05, 0) is 12.8 Å². The van der Waals surface area contributed by atoms with E-state index in [9.17, 15) is 19.7 Å². The fourth-order valence-electron chi connectivity index (χ4n) is 3.40. The van der Waals surface area contributed by atoms with Gasteiger partial charge in [-0.2, -0.15) is 5.10 Å². The summed E-state index contributed by atoms with van der Waals surface area (Å²) < 4.78 is 1.25. The van der Waals surface area contributed by atoms with Crippen molar-refractivity contribution in [2.24, 2.45) is 13.0 Å². The van der Waals surface area contributed by atoms with Crippen LogP contribution in [0.1, 0.15) is 32.1 Å². The van der Waals surface area contributed by atoms with Crippen molar-refractivity contribution in [3.05, 3.63) is 16.3 Å². The van der Waals surface area contributed by atoms with E-state index in [2.05, 4.69) is 10.4 Å². The number of carbonyl (C=O) groups excluding carboxylic acids is 2. The molecule has 0 bridgehead atoms. The average Bonchev–Trinajstić information content (AvgIpc) is 3.20. The molecule has 1 aliphatic heterocycles. The molecule has 1 aromatic heterocycles. The third kappa shape index (κ3) is 2.90. The maximum atomic E-state index is 12.4. The number of hydrogen-bond acceptors (Lipinski definition) is 5. The Hall–Kier alpha value is -2.45. The van der Waals surface area contributed by atoms with E-state index in [0.717, 1.165) is 31.9 Å². The van der Waals surface area contributed by atoms with Crippen LogP contribution in [0.4, 0.5) is 11.5 Å². The summed E-state index contributed by atoms with van der Waals surface area (Å²) in [6, 6.07) is 0.242. The number of nitrogens with zero attached hydrogens (tertiary/aromatic N) is 4. The van der Waals surface area contributed by atoms with Crippen LogP contribution in [0.3, 0.4) is 0 Å². The molecule has 1 atom stereocenters. The minimum Gasteiger partial charge on any atom is -0.339 e. The van der Waals surface area contributed by atoms with E-state index in [-0.39, 0.29) is 35.8 Å². The Morgan fingerprint density at radius 1 is 1.43 bits per heavy atom. The molecule has 9 nitrogen and oxygen atoms in total. The molecule has 0 aromatic carbocycles. The standard InChI is InChI=1S/C14H19N5O4/c1-17-13(11(7-15-17)19(22)23)16-14(21)9-6-12(20)18(8-9)10-4-2-3-5-10/h7,9-10H,2-6,8H2,1H3,(H,16,21)/t9-/m1/s1. The molecule has 2 amide bonds. The van der Waals surface area contributed by atoms with Crippen LogP contribution in [0.15, 0.2) is 6.20 Å². The molecule has 23 heavy (non-hydrogen) atoms. The van der Waals surface area contributed by atoms with E-state index in [4.69, 9.17) is 0 Å². The molecule has 1 saturated heterocycles. The number of nitro groups is 1. The topological polar surface area (TPSA) is 110 Å². The lowest BCUT2D eigenvalue weighted by atomic mass is 10.1. The number of aromatic nitrogens is 2. The summed E-state index contributed by atoms with van der Waals surface area (Å²) in [5.74, 6) is -0.800. The second-order valence-electron chi connectivity index (χ2n) is 6.13. The van der Waals surface area contributed by atoms with Gasteiger partial charge in [0.05, 0.1) is 10.8 Å². The van der Waals surface area contributed by atoms with Gasteiger partial charge in [0, 0.05) is 26.1 Å². The van der Waals surface area contributed by atoms with E-state index in [1.54, 1.807) is 4.90 Å². The van der Waals surface area contributed by atoms with E-state index in [0.29, 0.717) is 6.54 Å². The monoisotopic (exact) mass is 321 g/mol. The quantitative estimate of drug-likeness (QED) is 0.658. The summed E-state index contributed by atoms with van der Waals surface area (Å²) in [5.41, 5.74) is -0.252. The van der Waals surface area contributed by atoms with E-state index in [1.807, 2.05) is 0 Å². The molecular weight excluding hydrogens is 302 g/mol. The fourth-order valence-corrected chi connectivity index (χ4v) is 3.40. The first-order chi connectivity index (χ1) is 11.0. The lowest BCUT2D eigenvalue weighted by molar-refractivity contribution is -0.384. The van der Waals surface area contributed by atoms with Crippen molar-refractivity contribution >= 4 is 23.3 Å². The maximum absolute atomic E-state index is 12.4. The Kier molecular flexibility index (Phi) is 4.01. The van der Waals surface area contributed by atoms with Gasteiger partial charge in [-0.1, -0.05) is 12.8 Å². The predicted molar refractivity (Wildman–Crippen MR) is 80.6 cm³/mol. The smallest absolute Gasteiger partial charge is 0.331 e. The highest BCUT2D eigenvalue weighted by Crippen LogP contribution is 2.30. The first kappa shape index (κ1) is 15.4. The van der Waals surface area contributed by atoms with Gasteiger partial charge in [-0.25, -0.2) is 4.68 Å². The Labute approximate surface area is 132 Å². The van der Waals surface area contributed by atoms with Crippen molar-refractivity contribution < 1.29 is 14.5 Å². The molecule has 1 N–H and O–H groups in total. The highest BCUT2D eigenvalue weighted by molar-refractivity contribution is 5.98. The maximum Gasteiger partial charge on any atom is 0.331 e. The van der Waals surface area contributed by atoms with Crippen molar-refractivity contribution in [1.82, 2.24) is 14.7 Å². The molecule has 9 heteroatoms. The van der Waals surface area contributed by atoms with Crippen LogP contribution in [0.5, 0.6) is 0 Å². The molecule has 2 heterocycles. The first-order valence-corrected chi connectivity index (χ1v) is 7.74. The third-order valence-electron chi connectivity index (χ3n) is 4.65. The van der Waals surface area contributed by atoms with Crippen molar-refractivity contribution in [3.8, 4) is 0 Å². The number of carbonyl (C=O) groups is 2. The number of likely N-dealkylation sites (tertiary alicyclic amines) is 1. The van der Waals surface area contributed by atoms with Crippen molar-refractivity contribution in [3.63, 3.8) is 0 Å². The number of hydrogen-bond donors (Lipinski definition) is 1. The predicted octanol–water partition coefficient (Wildman–Crippen LogP) is 1.06. The van der Waals surface area contributed by atoms with Crippen LogP contribution in [0.2, 0.25) is 0 Å². The van der Waals surface area contributed by atoms with Gasteiger partial charge in [-0.15, -0.1) is 0 Å². The highest BCUT2D eigenvalue weighted by atomic mass is 16.6. The van der Waals surface area contributed by atoms with Crippen LogP contribution < -0.4 is 5.32 Å². The van der Waals surface area contributed by atoms with Crippen LogP contribution in [0.25, 0.3) is 0 Å². The van der Waals surface area contributed by atoms with Gasteiger partial charge >= 0.3 is 5.69 Å². The molecule has 1 saturated carbocycles. The molecule has 3 rings (SSSR count). The molecule has 1 aliphatic carbocycles. The van der Waals surface area contributed by atoms with Gasteiger partial charge in [-0.3, -0.25) is 19.7 Å². The summed E-state index contributed by atoms with van der Waals surface area (Å²) in [5, 5.41) is 17.3. The van der Waals surface area contributed by atoms with Crippen molar-refractivity contribution in [2.45, 2.75) is 38.1 Å². The van der Waals surface area contributed by atoms with Crippen LogP contribution in [-0.2, 0) is 16.6 Å². The summed E-state index contributed by atoms with van der Waals surface area (Å²) in [7, 11) is 1.52. The van der Waals surface area contributed by atoms with Crippen LogP contribution in [-0.4, -0.2) is 44.0 Å². The normalized spacial score (nSPS) is 21.9. The first-order valence-electron chi connectivity index (χ1n) is 7.74. The number of rotatable bonds is 4. The van der Waals surface area contributed by atoms with Gasteiger partial charge in [0.25, 0.3) is 0 Å². The fraction of sp³-hybridized carbons (Fsp3) is 0.643. The number of anilines is 1. The number of nitrogens with one attached hydrogen (secondary N) is 1. The van der Waals surface area contributed by atoms with Crippen molar-refractivity contribution in [2.75, 3.05) is 11.9 Å². The van der Waals surface area contributed by atoms with Gasteiger partial charge in [0.15, 0.2) is 0 Å². The van der Waals surface area contributed by atoms with E-state index in [1.165, 1.54) is 11.7 Å². The van der Waals surface area contributed by atoms with Crippen molar-refractivity contribution in [1.29, 1.82) is 0 Å². The SMILES string of the molecule is Cn1ncc([N+](=O)[O-])c1NC(=O)[C@@H]1CC(=O)N(C2CCCC2)C1. The minimum absolute atomic E-state index is 0.00319. The zero-order valence-corrected chi connectivity index (χ0v) is 12.9. The van der Waals surface area contributed by atoms with E-state index >= 15 is 0 Å². The zero-order chi connectivity index (χ0) is 16.6. The Bertz CT molecular complexity index is 650. The zero-order valence-electron chi connectivity index (χ0n) is 12.9. The van der Waals surface area contributed by atoms with Crippen LogP contribution in [0, 0.1) is 16.0 Å². The van der Waals surface area contributed by atoms with Crippen LogP contribution >= 0.6 is 0 Å². The highest BCUT2D eigenvalue weighted by Gasteiger charge is 2.39. The molecule has 1 aromatic rings. The van der Waals surface area contributed by atoms with Gasteiger partial charge in [0.1, 0.15) is 6.20 Å². The summed E-state index contributed by atoms with van der Waals surface area (Å²) in [6.07, 6.45) is 5.48. The van der Waals surface area contributed by atoms with Gasteiger partial charge in [0.2, 0.25) is 17.6 Å². The summed E-state index contributed by atoms with van der Waals surface area (Å²) >= 11 is 0. The lowest BCUT2D eigenvalue weighted by Gasteiger charge is -2.23. The third-order valence-corrected chi connectivity index (χ3v) is 4.65. The molecule has 0 spiro atoms. The van der Waals surface area contributed by atoms with E-state index < -0.39 is 10.8 Å². The minimum atomic E-state index is -0.590. The Morgan fingerprint density at radius 2 is 2.13 bits per heavy atom.